The van der Waals surface area contributed by atoms with Crippen LogP contribution in [-0.2, 0) is 13.0 Å². The van der Waals surface area contributed by atoms with Gasteiger partial charge in [-0.1, -0.05) is 6.07 Å². The molecule has 0 spiro atoms. The quantitative estimate of drug-likeness (QED) is 0.629. The average molecular weight is 313 g/mol. The number of nitrogen functional groups attached to an aromatic ring is 1. The second-order valence-electron chi connectivity index (χ2n) is 5.75. The van der Waals surface area contributed by atoms with E-state index in [-0.39, 0.29) is 0 Å². The molecule has 0 radical (unpaired) electrons. The Hall–Kier alpha value is -2.25. The van der Waals surface area contributed by atoms with Gasteiger partial charge in [-0.2, -0.15) is 4.98 Å². The van der Waals surface area contributed by atoms with E-state index in [1.165, 1.54) is 5.56 Å². The number of likely N-dealkylation sites (N-methyl/N-ethyl adjacent to an activating group) is 1. The molecule has 3 rings (SSSR count). The zero-order chi connectivity index (χ0) is 16.1. The van der Waals surface area contributed by atoms with Crippen LogP contribution < -0.4 is 21.3 Å². The van der Waals surface area contributed by atoms with Crippen LogP contribution in [0.5, 0.6) is 0 Å². The topological polar surface area (TPSA) is 92.0 Å². The van der Waals surface area contributed by atoms with E-state index in [2.05, 4.69) is 36.6 Å². The molecule has 0 aliphatic carbocycles. The van der Waals surface area contributed by atoms with Crippen molar-refractivity contribution >= 4 is 11.8 Å². The third-order valence-electron chi connectivity index (χ3n) is 4.02. The second-order valence-corrected chi connectivity index (χ2v) is 5.75. The van der Waals surface area contributed by atoms with Crippen molar-refractivity contribution in [2.45, 2.75) is 19.0 Å². The Morgan fingerprint density at radius 2 is 2.22 bits per heavy atom. The molecule has 0 aromatic carbocycles. The highest BCUT2D eigenvalue weighted by atomic mass is 15.3. The van der Waals surface area contributed by atoms with Gasteiger partial charge in [0.05, 0.1) is 5.69 Å². The van der Waals surface area contributed by atoms with Crippen molar-refractivity contribution in [3.63, 3.8) is 0 Å². The smallest absolute Gasteiger partial charge is 0.222 e. The largest absolute Gasteiger partial charge is 0.368 e. The van der Waals surface area contributed by atoms with Crippen molar-refractivity contribution in [2.24, 2.45) is 0 Å². The van der Waals surface area contributed by atoms with Crippen LogP contribution >= 0.6 is 0 Å². The summed E-state index contributed by atoms with van der Waals surface area (Å²) in [5.41, 5.74) is 7.98. The van der Waals surface area contributed by atoms with Gasteiger partial charge in [-0.25, -0.2) is 4.98 Å². The Kier molecular flexibility index (Phi) is 4.99. The number of aromatic nitrogens is 3. The minimum absolute atomic E-state index is 0.333. The van der Waals surface area contributed by atoms with E-state index in [0.717, 1.165) is 37.6 Å². The van der Waals surface area contributed by atoms with E-state index in [9.17, 15) is 0 Å². The Morgan fingerprint density at radius 1 is 1.35 bits per heavy atom. The van der Waals surface area contributed by atoms with Gasteiger partial charge in [-0.05, 0) is 31.6 Å². The van der Waals surface area contributed by atoms with Gasteiger partial charge in [0.1, 0.15) is 5.82 Å². The van der Waals surface area contributed by atoms with Crippen LogP contribution in [0.2, 0.25) is 0 Å². The molecule has 1 aliphatic heterocycles. The first kappa shape index (κ1) is 15.6. The summed E-state index contributed by atoms with van der Waals surface area (Å²) in [6.07, 6.45) is 4.62. The highest BCUT2D eigenvalue weighted by Gasteiger charge is 2.26. The number of anilines is 2. The minimum atomic E-state index is 0.333. The predicted octanol–water partition coefficient (Wildman–Crippen LogP) is 0.194. The Morgan fingerprint density at radius 3 is 2.96 bits per heavy atom. The Bertz CT molecular complexity index is 626. The Labute approximate surface area is 136 Å². The number of hydrogen-bond donors (Lipinski definition) is 3. The fourth-order valence-corrected chi connectivity index (χ4v) is 2.60. The summed E-state index contributed by atoms with van der Waals surface area (Å²) in [5, 5.41) is 6.65. The predicted molar refractivity (Wildman–Crippen MR) is 91.2 cm³/mol. The molecule has 4 N–H and O–H groups in total. The molecular formula is C16H23N7. The van der Waals surface area contributed by atoms with Crippen molar-refractivity contribution in [1.29, 1.82) is 0 Å². The molecule has 122 valence electrons. The second kappa shape index (κ2) is 7.34. The molecule has 1 aliphatic rings. The third-order valence-corrected chi connectivity index (χ3v) is 4.02. The van der Waals surface area contributed by atoms with Crippen molar-refractivity contribution in [3.05, 3.63) is 41.9 Å². The standard InChI is InChI=1S/C16H23N7/c1-18-14-10-23(11-14)15-7-13(21-16(17)22-15)9-20-6-4-12-3-2-5-19-8-12/h2-3,5,7-8,14,18,20H,4,6,9-11H2,1H3,(H2,17,21,22). The first-order valence-corrected chi connectivity index (χ1v) is 7.90. The number of nitrogens with two attached hydrogens (primary N) is 1. The zero-order valence-corrected chi connectivity index (χ0v) is 13.4. The van der Waals surface area contributed by atoms with E-state index in [0.29, 0.717) is 18.5 Å². The summed E-state index contributed by atoms with van der Waals surface area (Å²) < 4.78 is 0. The molecule has 0 amide bonds. The van der Waals surface area contributed by atoms with Crippen LogP contribution in [-0.4, -0.2) is 47.7 Å². The van der Waals surface area contributed by atoms with Crippen molar-refractivity contribution in [2.75, 3.05) is 37.3 Å². The molecular weight excluding hydrogens is 290 g/mol. The molecule has 3 heterocycles. The number of pyridine rings is 1. The van der Waals surface area contributed by atoms with Crippen molar-refractivity contribution < 1.29 is 0 Å². The van der Waals surface area contributed by atoms with Gasteiger partial charge in [0.15, 0.2) is 0 Å². The van der Waals surface area contributed by atoms with Crippen LogP contribution in [0.4, 0.5) is 11.8 Å². The van der Waals surface area contributed by atoms with Gasteiger partial charge in [-0.3, -0.25) is 4.98 Å². The van der Waals surface area contributed by atoms with Gasteiger partial charge in [0.2, 0.25) is 5.95 Å². The number of hydrogen-bond acceptors (Lipinski definition) is 7. The van der Waals surface area contributed by atoms with Gasteiger partial charge in [-0.15, -0.1) is 0 Å². The highest BCUT2D eigenvalue weighted by Crippen LogP contribution is 2.19. The monoisotopic (exact) mass is 313 g/mol. The molecule has 7 nitrogen and oxygen atoms in total. The molecule has 2 aromatic rings. The third kappa shape index (κ3) is 4.14. The van der Waals surface area contributed by atoms with Crippen LogP contribution in [0.1, 0.15) is 11.3 Å². The van der Waals surface area contributed by atoms with Gasteiger partial charge < -0.3 is 21.3 Å². The lowest BCUT2D eigenvalue weighted by Crippen LogP contribution is -2.57. The molecule has 2 aromatic heterocycles. The summed E-state index contributed by atoms with van der Waals surface area (Å²) in [5.74, 6) is 1.24. The summed E-state index contributed by atoms with van der Waals surface area (Å²) in [7, 11) is 1.98. The van der Waals surface area contributed by atoms with Crippen molar-refractivity contribution in [3.8, 4) is 0 Å². The number of nitrogens with one attached hydrogen (secondary N) is 2. The molecule has 0 saturated carbocycles. The van der Waals surface area contributed by atoms with E-state index in [4.69, 9.17) is 5.73 Å². The SMILES string of the molecule is CNC1CN(c2cc(CNCCc3cccnc3)nc(N)n2)C1. The molecule has 23 heavy (non-hydrogen) atoms. The van der Waals surface area contributed by atoms with E-state index in [1.54, 1.807) is 6.20 Å². The van der Waals surface area contributed by atoms with Crippen LogP contribution in [0.25, 0.3) is 0 Å². The first-order chi connectivity index (χ1) is 11.2. The van der Waals surface area contributed by atoms with E-state index >= 15 is 0 Å². The lowest BCUT2D eigenvalue weighted by molar-refractivity contribution is 0.447. The minimum Gasteiger partial charge on any atom is -0.368 e. The highest BCUT2D eigenvalue weighted by molar-refractivity contribution is 5.46. The summed E-state index contributed by atoms with van der Waals surface area (Å²) in [4.78, 5) is 15.0. The van der Waals surface area contributed by atoms with E-state index < -0.39 is 0 Å². The lowest BCUT2D eigenvalue weighted by atomic mass is 10.1. The van der Waals surface area contributed by atoms with Gasteiger partial charge >= 0.3 is 0 Å². The maximum atomic E-state index is 5.84. The molecule has 7 heteroatoms. The fraction of sp³-hybridized carbons (Fsp3) is 0.438. The summed E-state index contributed by atoms with van der Waals surface area (Å²) in [6.45, 7) is 3.47. The molecule has 1 fully saturated rings. The van der Waals surface area contributed by atoms with Crippen molar-refractivity contribution in [1.82, 2.24) is 25.6 Å². The maximum absolute atomic E-state index is 5.84. The van der Waals surface area contributed by atoms with Crippen LogP contribution in [0, 0.1) is 0 Å². The summed E-state index contributed by atoms with van der Waals surface area (Å²) in [6, 6.07) is 6.59. The first-order valence-electron chi connectivity index (χ1n) is 7.90. The molecule has 0 atom stereocenters. The molecule has 1 saturated heterocycles. The van der Waals surface area contributed by atoms with E-state index in [1.807, 2.05) is 25.4 Å². The number of rotatable bonds is 7. The van der Waals surface area contributed by atoms with Crippen LogP contribution in [0.3, 0.4) is 0 Å². The maximum Gasteiger partial charge on any atom is 0.222 e. The number of nitrogens with zero attached hydrogens (tertiary/aromatic N) is 4. The van der Waals surface area contributed by atoms with Crippen LogP contribution in [0.15, 0.2) is 30.6 Å². The average Bonchev–Trinajstić information content (AvgIpc) is 2.51. The molecule has 0 bridgehead atoms. The molecule has 0 unspecified atom stereocenters. The Balaban J connectivity index is 1.51. The summed E-state index contributed by atoms with van der Waals surface area (Å²) >= 11 is 0. The normalized spacial score (nSPS) is 14.7. The van der Waals surface area contributed by atoms with Gasteiger partial charge in [0.25, 0.3) is 0 Å². The zero-order valence-electron chi connectivity index (χ0n) is 13.4. The van der Waals surface area contributed by atoms with Gasteiger partial charge in [0, 0.05) is 44.1 Å². The fourth-order valence-electron chi connectivity index (χ4n) is 2.60. The lowest BCUT2D eigenvalue weighted by Gasteiger charge is -2.40.